The number of rotatable bonds is 5. The smallest absolute Gasteiger partial charge is 0.282 e. The first-order valence-corrected chi connectivity index (χ1v) is 13.3. The van der Waals surface area contributed by atoms with E-state index in [1.54, 1.807) is 19.1 Å². The lowest BCUT2D eigenvalue weighted by Gasteiger charge is -2.48. The van der Waals surface area contributed by atoms with E-state index in [0.29, 0.717) is 26.1 Å². The molecule has 3 unspecified atom stereocenters. The van der Waals surface area contributed by atoms with Crippen molar-refractivity contribution in [1.82, 2.24) is 10.3 Å². The molecule has 0 spiro atoms. The number of piperidine rings is 1. The third-order valence-corrected chi connectivity index (χ3v) is 7.45. The van der Waals surface area contributed by atoms with Crippen molar-refractivity contribution in [3.05, 3.63) is 24.0 Å². The van der Waals surface area contributed by atoms with Crippen molar-refractivity contribution in [1.29, 1.82) is 5.41 Å². The predicted octanol–water partition coefficient (Wildman–Crippen LogP) is 4.55. The zero-order valence-corrected chi connectivity index (χ0v) is 21.9. The molecule has 3 atom stereocenters. The summed E-state index contributed by atoms with van der Waals surface area (Å²) in [5.41, 5.74) is 2.63. The van der Waals surface area contributed by atoms with Gasteiger partial charge in [-0.1, -0.05) is 32.5 Å². The Balaban J connectivity index is 1.66. The molecule has 2 heterocycles. The Morgan fingerprint density at radius 2 is 2.00 bits per heavy atom. The van der Waals surface area contributed by atoms with Gasteiger partial charge in [0.2, 0.25) is 0 Å². The molecule has 2 aliphatic heterocycles. The molecule has 8 nitrogen and oxygen atoms in total. The van der Waals surface area contributed by atoms with Crippen molar-refractivity contribution in [3.63, 3.8) is 0 Å². The van der Waals surface area contributed by atoms with Gasteiger partial charge in [0.1, 0.15) is 23.4 Å². The SMILES string of the molecule is CSc1ccc(N=C(NN)C(C)C(=N)OC2CC3COCC(C2)N3C(=O)SC(C)(C)C)c(F)c1. The van der Waals surface area contributed by atoms with E-state index in [9.17, 15) is 9.18 Å². The minimum Gasteiger partial charge on any atom is -0.477 e. The van der Waals surface area contributed by atoms with E-state index in [2.05, 4.69) is 10.4 Å². The van der Waals surface area contributed by atoms with Gasteiger partial charge in [-0.05, 0) is 31.4 Å². The highest BCUT2D eigenvalue weighted by molar-refractivity contribution is 8.14. The Morgan fingerprint density at radius 3 is 2.53 bits per heavy atom. The molecule has 2 aliphatic rings. The van der Waals surface area contributed by atoms with Crippen molar-refractivity contribution in [2.24, 2.45) is 16.8 Å². The molecule has 0 radical (unpaired) electrons. The number of benzene rings is 1. The van der Waals surface area contributed by atoms with Gasteiger partial charge in [0.05, 0.1) is 31.2 Å². The molecule has 11 heteroatoms. The van der Waals surface area contributed by atoms with Crippen LogP contribution in [0.15, 0.2) is 28.1 Å². The number of hydrazine groups is 1. The number of carbonyl (C=O) groups excluding carboxylic acids is 1. The fourth-order valence-electron chi connectivity index (χ4n) is 4.07. The number of hydrogen-bond donors (Lipinski definition) is 3. The first-order chi connectivity index (χ1) is 16.0. The van der Waals surface area contributed by atoms with Gasteiger partial charge in [0.25, 0.3) is 5.24 Å². The topological polar surface area (TPSA) is 113 Å². The Hall–Kier alpha value is -1.82. The number of carbonyl (C=O) groups is 1. The minimum atomic E-state index is -0.600. The number of amidine groups is 1. The summed E-state index contributed by atoms with van der Waals surface area (Å²) in [7, 11) is 0. The van der Waals surface area contributed by atoms with Gasteiger partial charge in [-0.2, -0.15) is 0 Å². The fraction of sp³-hybridized carbons (Fsp3) is 0.609. The number of halogens is 1. The monoisotopic (exact) mass is 511 g/mol. The normalized spacial score (nSPS) is 23.9. The molecule has 4 N–H and O–H groups in total. The third-order valence-electron chi connectivity index (χ3n) is 5.72. The number of fused-ring (bicyclic) bond motifs is 2. The lowest BCUT2D eigenvalue weighted by molar-refractivity contribution is -0.0762. The highest BCUT2D eigenvalue weighted by Crippen LogP contribution is 2.35. The number of nitrogens with two attached hydrogens (primary N) is 1. The zero-order chi connectivity index (χ0) is 25.0. The van der Waals surface area contributed by atoms with Crippen LogP contribution in [0.2, 0.25) is 0 Å². The second-order valence-electron chi connectivity index (χ2n) is 9.49. The molecule has 2 fully saturated rings. The molecule has 34 heavy (non-hydrogen) atoms. The van der Waals surface area contributed by atoms with Crippen LogP contribution in [-0.4, -0.2) is 64.3 Å². The molecule has 1 aromatic carbocycles. The fourth-order valence-corrected chi connectivity index (χ4v) is 5.42. The van der Waals surface area contributed by atoms with Crippen LogP contribution in [0.1, 0.15) is 40.5 Å². The van der Waals surface area contributed by atoms with Crippen molar-refractivity contribution >= 4 is 46.2 Å². The number of ether oxygens (including phenoxy) is 2. The average Bonchev–Trinajstić information content (AvgIpc) is 2.75. The van der Waals surface area contributed by atoms with Gasteiger partial charge in [0, 0.05) is 22.5 Å². The van der Waals surface area contributed by atoms with Gasteiger partial charge in [-0.3, -0.25) is 10.2 Å². The van der Waals surface area contributed by atoms with Crippen molar-refractivity contribution in [2.75, 3.05) is 19.5 Å². The lowest BCUT2D eigenvalue weighted by Crippen LogP contribution is -2.60. The molecule has 1 aromatic rings. The zero-order valence-electron chi connectivity index (χ0n) is 20.3. The van der Waals surface area contributed by atoms with Gasteiger partial charge in [0.15, 0.2) is 5.90 Å². The summed E-state index contributed by atoms with van der Waals surface area (Å²) < 4.78 is 25.9. The average molecular weight is 512 g/mol. The molecular weight excluding hydrogens is 477 g/mol. The number of thioether (sulfide) groups is 2. The standard InChI is InChI=1S/C23H34FN5O3S2/c1-13(21(28-26)27-19-7-6-17(33-5)10-18(19)24)20(25)32-16-8-14-11-31-12-15(9-16)29(14)22(30)34-23(2,3)4/h6-7,10,13-16,25H,8-9,11-12,26H2,1-5H3,(H,27,28). The van der Waals surface area contributed by atoms with Crippen molar-refractivity contribution in [3.8, 4) is 0 Å². The van der Waals surface area contributed by atoms with E-state index in [-0.39, 0.29) is 45.6 Å². The Morgan fingerprint density at radius 1 is 1.35 bits per heavy atom. The summed E-state index contributed by atoms with van der Waals surface area (Å²) in [5, 5.41) is 8.56. The van der Waals surface area contributed by atoms with Crippen LogP contribution in [0.4, 0.5) is 14.9 Å². The quantitative estimate of drug-likeness (QED) is 0.175. The van der Waals surface area contributed by atoms with Crippen LogP contribution < -0.4 is 11.3 Å². The summed E-state index contributed by atoms with van der Waals surface area (Å²) in [6.07, 6.45) is 2.80. The number of amides is 1. The number of hydrogen-bond acceptors (Lipinski definition) is 8. The summed E-state index contributed by atoms with van der Waals surface area (Å²) in [6.45, 7) is 8.71. The molecule has 188 valence electrons. The molecule has 0 aliphatic carbocycles. The maximum absolute atomic E-state index is 14.4. The predicted molar refractivity (Wildman–Crippen MR) is 137 cm³/mol. The number of morpholine rings is 1. The Bertz CT molecular complexity index is 926. The first-order valence-electron chi connectivity index (χ1n) is 11.2. The van der Waals surface area contributed by atoms with Crippen LogP contribution in [0.25, 0.3) is 0 Å². The second-order valence-corrected chi connectivity index (χ2v) is 12.1. The third kappa shape index (κ3) is 6.65. The van der Waals surface area contributed by atoms with Gasteiger partial charge in [-0.15, -0.1) is 11.8 Å². The van der Waals surface area contributed by atoms with E-state index in [1.807, 2.05) is 31.9 Å². The summed E-state index contributed by atoms with van der Waals surface area (Å²) in [6, 6.07) is 4.60. The van der Waals surface area contributed by atoms with Gasteiger partial charge < -0.3 is 19.8 Å². The van der Waals surface area contributed by atoms with E-state index in [4.69, 9.17) is 20.7 Å². The molecule has 0 aromatic heterocycles. The highest BCUT2D eigenvalue weighted by Gasteiger charge is 2.43. The second kappa shape index (κ2) is 11.3. The molecule has 1 amide bonds. The van der Waals surface area contributed by atoms with Crippen LogP contribution >= 0.6 is 23.5 Å². The van der Waals surface area contributed by atoms with Crippen LogP contribution in [-0.2, 0) is 9.47 Å². The summed E-state index contributed by atoms with van der Waals surface area (Å²) in [4.78, 5) is 19.9. The Kier molecular flexibility index (Phi) is 8.88. The van der Waals surface area contributed by atoms with Crippen LogP contribution in [0.3, 0.4) is 0 Å². The summed E-state index contributed by atoms with van der Waals surface area (Å²) in [5.74, 6) is 4.82. The summed E-state index contributed by atoms with van der Waals surface area (Å²) >= 11 is 2.77. The highest BCUT2D eigenvalue weighted by atomic mass is 32.2. The maximum Gasteiger partial charge on any atom is 0.282 e. The molecular formula is C23H34FN5O3S2. The van der Waals surface area contributed by atoms with Crippen LogP contribution in [0.5, 0.6) is 0 Å². The maximum atomic E-state index is 14.4. The van der Waals surface area contributed by atoms with Crippen molar-refractivity contribution < 1.29 is 18.7 Å². The molecule has 2 saturated heterocycles. The first kappa shape index (κ1) is 26.8. The largest absolute Gasteiger partial charge is 0.477 e. The van der Waals surface area contributed by atoms with Crippen LogP contribution in [0, 0.1) is 17.1 Å². The van der Waals surface area contributed by atoms with E-state index in [1.165, 1.54) is 29.6 Å². The van der Waals surface area contributed by atoms with E-state index >= 15 is 0 Å². The minimum absolute atomic E-state index is 0.00863. The molecule has 0 saturated carbocycles. The molecule has 2 bridgehead atoms. The van der Waals surface area contributed by atoms with E-state index in [0.717, 1.165) is 4.90 Å². The molecule has 3 rings (SSSR count). The van der Waals surface area contributed by atoms with Gasteiger partial charge >= 0.3 is 0 Å². The van der Waals surface area contributed by atoms with Crippen molar-refractivity contribution in [2.45, 2.75) is 68.4 Å². The van der Waals surface area contributed by atoms with E-state index < -0.39 is 11.7 Å². The van der Waals surface area contributed by atoms with Gasteiger partial charge in [-0.25, -0.2) is 15.2 Å². The number of nitrogens with one attached hydrogen (secondary N) is 2. The lowest BCUT2D eigenvalue weighted by atomic mass is 9.92. The number of nitrogens with zero attached hydrogens (tertiary/aromatic N) is 2. The Labute approximate surface area is 209 Å². The number of aliphatic imine (C=N–C) groups is 1.